The predicted octanol–water partition coefficient (Wildman–Crippen LogP) is 4.41. The standard InChI is InChI=1S/C17H24O2/c1-2-3-4-8-12-17(18-14-15-19-17)13-11-16-9-6-5-7-10-16/h5-7,9-11,13H,2-4,8,12,14-15H2,1H3/b13-11+. The largest absolute Gasteiger partial charge is 0.344 e. The highest BCUT2D eigenvalue weighted by Gasteiger charge is 2.32. The molecule has 0 aromatic heterocycles. The van der Waals surface area contributed by atoms with Crippen molar-refractivity contribution in [2.24, 2.45) is 0 Å². The van der Waals surface area contributed by atoms with E-state index in [9.17, 15) is 0 Å². The summed E-state index contributed by atoms with van der Waals surface area (Å²) in [6.07, 6.45) is 10.1. The monoisotopic (exact) mass is 260 g/mol. The molecule has 0 bridgehead atoms. The lowest BCUT2D eigenvalue weighted by molar-refractivity contribution is -0.121. The van der Waals surface area contributed by atoms with Crippen molar-refractivity contribution in [3.8, 4) is 0 Å². The molecule has 1 aliphatic rings. The molecule has 0 amide bonds. The van der Waals surface area contributed by atoms with Gasteiger partial charge in [0.05, 0.1) is 13.2 Å². The van der Waals surface area contributed by atoms with Crippen LogP contribution in [0, 0.1) is 0 Å². The van der Waals surface area contributed by atoms with E-state index < -0.39 is 5.79 Å². The topological polar surface area (TPSA) is 18.5 Å². The second-order valence-corrected chi connectivity index (χ2v) is 5.06. The molecule has 0 atom stereocenters. The summed E-state index contributed by atoms with van der Waals surface area (Å²) in [5.41, 5.74) is 1.19. The van der Waals surface area contributed by atoms with E-state index in [1.54, 1.807) is 0 Å². The summed E-state index contributed by atoms with van der Waals surface area (Å²) in [6, 6.07) is 10.3. The van der Waals surface area contributed by atoms with Crippen LogP contribution in [0.1, 0.15) is 44.6 Å². The third-order valence-electron chi connectivity index (χ3n) is 3.48. The summed E-state index contributed by atoms with van der Waals surface area (Å²) < 4.78 is 11.7. The molecule has 0 spiro atoms. The Morgan fingerprint density at radius 3 is 2.47 bits per heavy atom. The van der Waals surface area contributed by atoms with Gasteiger partial charge in [-0.2, -0.15) is 0 Å². The van der Waals surface area contributed by atoms with E-state index >= 15 is 0 Å². The third kappa shape index (κ3) is 4.48. The van der Waals surface area contributed by atoms with Crippen LogP contribution in [0.3, 0.4) is 0 Å². The molecule has 0 aliphatic carbocycles. The van der Waals surface area contributed by atoms with E-state index in [2.05, 4.69) is 31.2 Å². The number of hydrogen-bond donors (Lipinski definition) is 0. The van der Waals surface area contributed by atoms with Gasteiger partial charge in [-0.05, 0) is 18.1 Å². The van der Waals surface area contributed by atoms with E-state index in [0.29, 0.717) is 13.2 Å². The molecule has 0 radical (unpaired) electrons. The van der Waals surface area contributed by atoms with Crippen LogP contribution in [-0.4, -0.2) is 19.0 Å². The number of benzene rings is 1. The van der Waals surface area contributed by atoms with Crippen LogP contribution in [0.2, 0.25) is 0 Å². The number of hydrogen-bond acceptors (Lipinski definition) is 2. The van der Waals surface area contributed by atoms with Gasteiger partial charge in [-0.1, -0.05) is 62.6 Å². The van der Waals surface area contributed by atoms with Crippen molar-refractivity contribution in [3.05, 3.63) is 42.0 Å². The van der Waals surface area contributed by atoms with Crippen LogP contribution in [0.25, 0.3) is 6.08 Å². The molecule has 0 N–H and O–H groups in total. The Morgan fingerprint density at radius 1 is 1.05 bits per heavy atom. The highest BCUT2D eigenvalue weighted by molar-refractivity contribution is 5.49. The molecule has 1 aliphatic heterocycles. The normalized spacial score (nSPS) is 18.2. The molecule has 0 unspecified atom stereocenters. The van der Waals surface area contributed by atoms with Crippen molar-refractivity contribution in [1.82, 2.24) is 0 Å². The number of unbranched alkanes of at least 4 members (excludes halogenated alkanes) is 3. The van der Waals surface area contributed by atoms with Crippen LogP contribution in [0.15, 0.2) is 36.4 Å². The SMILES string of the molecule is CCCCCCC1(/C=C/c2ccccc2)OCCO1. The first-order valence-corrected chi connectivity index (χ1v) is 7.37. The van der Waals surface area contributed by atoms with Gasteiger partial charge < -0.3 is 9.47 Å². The maximum absolute atomic E-state index is 5.83. The summed E-state index contributed by atoms with van der Waals surface area (Å²) in [5.74, 6) is -0.483. The van der Waals surface area contributed by atoms with Crippen molar-refractivity contribution in [1.29, 1.82) is 0 Å². The minimum atomic E-state index is -0.483. The third-order valence-corrected chi connectivity index (χ3v) is 3.48. The predicted molar refractivity (Wildman–Crippen MR) is 78.9 cm³/mol. The molecule has 1 aromatic carbocycles. The van der Waals surface area contributed by atoms with Crippen molar-refractivity contribution < 1.29 is 9.47 Å². The van der Waals surface area contributed by atoms with Crippen molar-refractivity contribution >= 4 is 6.08 Å². The quantitative estimate of drug-likeness (QED) is 0.676. The van der Waals surface area contributed by atoms with Crippen molar-refractivity contribution in [2.75, 3.05) is 13.2 Å². The molecule has 1 aromatic rings. The molecule has 2 heteroatoms. The summed E-state index contributed by atoms with van der Waals surface area (Å²) in [6.45, 7) is 3.63. The summed E-state index contributed by atoms with van der Waals surface area (Å²) in [5, 5.41) is 0. The lowest BCUT2D eigenvalue weighted by Crippen LogP contribution is -2.27. The number of ether oxygens (including phenoxy) is 2. The van der Waals surface area contributed by atoms with E-state index in [-0.39, 0.29) is 0 Å². The van der Waals surface area contributed by atoms with Crippen LogP contribution in [0.5, 0.6) is 0 Å². The second kappa shape index (κ2) is 7.46. The Labute approximate surface area is 116 Å². The van der Waals surface area contributed by atoms with Crippen molar-refractivity contribution in [3.63, 3.8) is 0 Å². The van der Waals surface area contributed by atoms with Crippen LogP contribution in [0.4, 0.5) is 0 Å². The second-order valence-electron chi connectivity index (χ2n) is 5.06. The highest BCUT2D eigenvalue weighted by atomic mass is 16.7. The maximum atomic E-state index is 5.83. The maximum Gasteiger partial charge on any atom is 0.188 e. The zero-order valence-corrected chi connectivity index (χ0v) is 11.8. The molecule has 2 rings (SSSR count). The van der Waals surface area contributed by atoms with Crippen LogP contribution in [-0.2, 0) is 9.47 Å². The van der Waals surface area contributed by atoms with E-state index in [1.165, 1.54) is 24.8 Å². The van der Waals surface area contributed by atoms with Gasteiger partial charge in [-0.15, -0.1) is 0 Å². The highest BCUT2D eigenvalue weighted by Crippen LogP contribution is 2.28. The Morgan fingerprint density at radius 2 is 1.79 bits per heavy atom. The first kappa shape index (κ1) is 14.3. The lowest BCUT2D eigenvalue weighted by Gasteiger charge is -2.23. The fourth-order valence-electron chi connectivity index (χ4n) is 2.38. The summed E-state index contributed by atoms with van der Waals surface area (Å²) in [4.78, 5) is 0. The van der Waals surface area contributed by atoms with Gasteiger partial charge >= 0.3 is 0 Å². The van der Waals surface area contributed by atoms with Gasteiger partial charge in [0.15, 0.2) is 5.79 Å². The molecule has 1 saturated heterocycles. The lowest BCUT2D eigenvalue weighted by atomic mass is 10.0. The van der Waals surface area contributed by atoms with Crippen LogP contribution >= 0.6 is 0 Å². The van der Waals surface area contributed by atoms with Crippen molar-refractivity contribution in [2.45, 2.75) is 44.8 Å². The Hall–Kier alpha value is -1.12. The average molecular weight is 260 g/mol. The zero-order valence-electron chi connectivity index (χ0n) is 11.8. The molecule has 0 saturated carbocycles. The van der Waals surface area contributed by atoms with Gasteiger partial charge in [0.1, 0.15) is 0 Å². The Bertz CT molecular complexity index is 378. The minimum Gasteiger partial charge on any atom is -0.344 e. The minimum absolute atomic E-state index is 0.483. The fourth-order valence-corrected chi connectivity index (χ4v) is 2.38. The van der Waals surface area contributed by atoms with Gasteiger partial charge in [0.2, 0.25) is 0 Å². The molecule has 19 heavy (non-hydrogen) atoms. The summed E-state index contributed by atoms with van der Waals surface area (Å²) in [7, 11) is 0. The molecular weight excluding hydrogens is 236 g/mol. The molecular formula is C17H24O2. The Balaban J connectivity index is 1.93. The zero-order chi connectivity index (χ0) is 13.4. The van der Waals surface area contributed by atoms with Gasteiger partial charge in [-0.25, -0.2) is 0 Å². The average Bonchev–Trinajstić information content (AvgIpc) is 2.92. The Kier molecular flexibility index (Phi) is 5.62. The molecule has 2 nitrogen and oxygen atoms in total. The van der Waals surface area contributed by atoms with E-state index in [4.69, 9.17) is 9.47 Å². The van der Waals surface area contributed by atoms with E-state index in [1.807, 2.05) is 18.2 Å². The fraction of sp³-hybridized carbons (Fsp3) is 0.529. The molecule has 104 valence electrons. The van der Waals surface area contributed by atoms with Gasteiger partial charge in [0.25, 0.3) is 0 Å². The van der Waals surface area contributed by atoms with Crippen LogP contribution < -0.4 is 0 Å². The first-order chi connectivity index (χ1) is 9.35. The van der Waals surface area contributed by atoms with E-state index in [0.717, 1.165) is 12.8 Å². The molecule has 1 fully saturated rings. The molecule has 1 heterocycles. The first-order valence-electron chi connectivity index (χ1n) is 7.37. The van der Waals surface area contributed by atoms with Gasteiger partial charge in [0, 0.05) is 6.42 Å². The smallest absolute Gasteiger partial charge is 0.188 e. The summed E-state index contributed by atoms with van der Waals surface area (Å²) >= 11 is 0. The number of rotatable bonds is 7. The van der Waals surface area contributed by atoms with Gasteiger partial charge in [-0.3, -0.25) is 0 Å².